The Balaban J connectivity index is 1.86. The average molecular weight is 231 g/mol. The summed E-state index contributed by atoms with van der Waals surface area (Å²) in [5.74, 6) is 7.98. The third kappa shape index (κ3) is 2.36. The quantitative estimate of drug-likeness (QED) is 0.510. The highest BCUT2D eigenvalue weighted by molar-refractivity contribution is 5.68. The van der Waals surface area contributed by atoms with E-state index in [-0.39, 0.29) is 6.09 Å². The van der Waals surface area contributed by atoms with E-state index in [1.165, 1.54) is 7.11 Å². The summed E-state index contributed by atoms with van der Waals surface area (Å²) in [6, 6.07) is 0. The van der Waals surface area contributed by atoms with Crippen LogP contribution in [-0.4, -0.2) is 31.2 Å². The number of carbonyl (C=O) groups is 1. The lowest BCUT2D eigenvalue weighted by Gasteiger charge is -2.16. The van der Waals surface area contributed by atoms with Crippen LogP contribution in [0.25, 0.3) is 0 Å². The number of fused-ring (bicyclic) bond motifs is 1. The van der Waals surface area contributed by atoms with Crippen molar-refractivity contribution in [2.75, 3.05) is 20.2 Å². The Bertz CT molecular complexity index is 415. The van der Waals surface area contributed by atoms with Gasteiger partial charge in [0.25, 0.3) is 0 Å². The lowest BCUT2D eigenvalue weighted by atomic mass is 10.2. The van der Waals surface area contributed by atoms with Crippen molar-refractivity contribution in [2.45, 2.75) is 6.92 Å². The molecule has 0 N–H and O–H groups in total. The Morgan fingerprint density at radius 2 is 2.12 bits per heavy atom. The van der Waals surface area contributed by atoms with Gasteiger partial charge in [0.15, 0.2) is 0 Å². The number of rotatable bonds is 1. The zero-order chi connectivity index (χ0) is 12.4. The van der Waals surface area contributed by atoms with Gasteiger partial charge >= 0.3 is 6.09 Å². The molecule has 1 heterocycles. The van der Waals surface area contributed by atoms with Gasteiger partial charge in [0, 0.05) is 19.0 Å². The summed E-state index contributed by atoms with van der Waals surface area (Å²) in [4.78, 5) is 13.0. The van der Waals surface area contributed by atoms with Crippen LogP contribution < -0.4 is 0 Å². The predicted octanol–water partition coefficient (Wildman–Crippen LogP) is 2.07. The highest BCUT2D eigenvalue weighted by Crippen LogP contribution is 2.51. The third-order valence-electron chi connectivity index (χ3n) is 3.43. The van der Waals surface area contributed by atoms with Gasteiger partial charge < -0.3 is 9.64 Å². The maximum absolute atomic E-state index is 11.3. The summed E-state index contributed by atoms with van der Waals surface area (Å²) >= 11 is 0. The number of amides is 1. The van der Waals surface area contributed by atoms with Crippen molar-refractivity contribution < 1.29 is 9.53 Å². The number of piperidine rings is 1. The van der Waals surface area contributed by atoms with Crippen LogP contribution in [0.5, 0.6) is 0 Å². The van der Waals surface area contributed by atoms with E-state index in [0.717, 1.165) is 18.7 Å². The van der Waals surface area contributed by atoms with Crippen molar-refractivity contribution in [1.82, 2.24) is 4.90 Å². The monoisotopic (exact) mass is 231 g/mol. The van der Waals surface area contributed by atoms with Crippen LogP contribution >= 0.6 is 0 Å². The van der Waals surface area contributed by atoms with E-state index in [2.05, 4.69) is 18.4 Å². The summed E-state index contributed by atoms with van der Waals surface area (Å²) < 4.78 is 4.70. The van der Waals surface area contributed by atoms with E-state index in [9.17, 15) is 4.79 Å². The Morgan fingerprint density at radius 3 is 2.65 bits per heavy atom. The molecule has 3 atom stereocenters. The second-order valence-corrected chi connectivity index (χ2v) is 4.58. The number of carbonyl (C=O) groups excluding carboxylic acids is 1. The number of hydrogen-bond donors (Lipinski definition) is 0. The minimum absolute atomic E-state index is 0.216. The van der Waals surface area contributed by atoms with Crippen molar-refractivity contribution in [3.05, 3.63) is 24.3 Å². The number of hydrogen-bond acceptors (Lipinski definition) is 2. The minimum atomic E-state index is -0.216. The van der Waals surface area contributed by atoms with E-state index < -0.39 is 0 Å². The second kappa shape index (κ2) is 4.67. The molecule has 0 aromatic heterocycles. The fourth-order valence-corrected chi connectivity index (χ4v) is 2.43. The molecule has 1 saturated carbocycles. The molecular weight excluding hydrogens is 214 g/mol. The molecular formula is C14H17NO2. The normalized spacial score (nSPS) is 30.1. The second-order valence-electron chi connectivity index (χ2n) is 4.58. The fraction of sp³-hybridized carbons (Fsp3) is 0.500. The van der Waals surface area contributed by atoms with Gasteiger partial charge in [0.05, 0.1) is 7.11 Å². The molecule has 1 saturated heterocycles. The molecule has 0 spiro atoms. The summed E-state index contributed by atoms with van der Waals surface area (Å²) in [5, 5.41) is 0. The molecule has 3 heteroatoms. The molecule has 0 aromatic rings. The molecule has 17 heavy (non-hydrogen) atoms. The van der Waals surface area contributed by atoms with Gasteiger partial charge in [0.1, 0.15) is 0 Å². The maximum Gasteiger partial charge on any atom is 0.409 e. The first-order valence-corrected chi connectivity index (χ1v) is 5.81. The van der Waals surface area contributed by atoms with E-state index in [0.29, 0.717) is 17.8 Å². The maximum atomic E-state index is 11.3. The number of ether oxygens (including phenoxy) is 1. The van der Waals surface area contributed by atoms with Crippen molar-refractivity contribution in [3.63, 3.8) is 0 Å². The first-order valence-electron chi connectivity index (χ1n) is 5.81. The number of allylic oxidation sites excluding steroid dienone is 3. The van der Waals surface area contributed by atoms with E-state index in [1.54, 1.807) is 11.0 Å². The molecule has 1 amide bonds. The van der Waals surface area contributed by atoms with Crippen LogP contribution in [0.1, 0.15) is 6.92 Å². The summed E-state index contributed by atoms with van der Waals surface area (Å²) in [5.41, 5.74) is 1.04. The van der Waals surface area contributed by atoms with Crippen LogP contribution in [0, 0.1) is 29.6 Å². The molecule has 1 aliphatic heterocycles. The first kappa shape index (κ1) is 11.8. The molecule has 2 rings (SSSR count). The molecule has 0 aromatic carbocycles. The summed E-state index contributed by atoms with van der Waals surface area (Å²) in [7, 11) is 1.42. The number of methoxy groups -OCH3 is 1. The predicted molar refractivity (Wildman–Crippen MR) is 66.2 cm³/mol. The third-order valence-corrected chi connectivity index (χ3v) is 3.43. The standard InChI is InChI=1S/C14H17NO2/c1-4-5-10(2)6-7-11-12-8-15(9-13(11)12)14(16)17-3/h4-5,11-13H,1,8-9H2,2-3H3/b10-5+/t11-,12-,13+. The zero-order valence-electron chi connectivity index (χ0n) is 10.3. The van der Waals surface area contributed by atoms with Crippen molar-refractivity contribution in [1.29, 1.82) is 0 Å². The molecule has 90 valence electrons. The van der Waals surface area contributed by atoms with Crippen molar-refractivity contribution in [3.8, 4) is 11.8 Å². The minimum Gasteiger partial charge on any atom is -0.453 e. The molecule has 2 fully saturated rings. The molecule has 0 bridgehead atoms. The molecule has 0 unspecified atom stereocenters. The van der Waals surface area contributed by atoms with Crippen LogP contribution in [0.15, 0.2) is 24.3 Å². The first-order chi connectivity index (χ1) is 8.17. The van der Waals surface area contributed by atoms with Gasteiger partial charge in [-0.25, -0.2) is 4.79 Å². The van der Waals surface area contributed by atoms with Gasteiger partial charge in [-0.05, 0) is 24.3 Å². The zero-order valence-corrected chi connectivity index (χ0v) is 10.3. The fourth-order valence-electron chi connectivity index (χ4n) is 2.43. The number of likely N-dealkylation sites (tertiary alicyclic amines) is 1. The van der Waals surface area contributed by atoms with Crippen molar-refractivity contribution >= 4 is 6.09 Å². The topological polar surface area (TPSA) is 29.5 Å². The van der Waals surface area contributed by atoms with E-state index >= 15 is 0 Å². The molecule has 1 aliphatic carbocycles. The van der Waals surface area contributed by atoms with Gasteiger partial charge in [-0.1, -0.05) is 30.6 Å². The van der Waals surface area contributed by atoms with Gasteiger partial charge in [0.2, 0.25) is 0 Å². The molecule has 0 radical (unpaired) electrons. The summed E-state index contributed by atoms with van der Waals surface area (Å²) in [6.45, 7) is 7.20. The van der Waals surface area contributed by atoms with Gasteiger partial charge in [-0.3, -0.25) is 0 Å². The Hall–Kier alpha value is -1.69. The van der Waals surface area contributed by atoms with Gasteiger partial charge in [-0.15, -0.1) is 0 Å². The van der Waals surface area contributed by atoms with Crippen LogP contribution in [0.4, 0.5) is 4.79 Å². The number of nitrogens with zero attached hydrogens (tertiary/aromatic N) is 1. The largest absolute Gasteiger partial charge is 0.453 e. The Morgan fingerprint density at radius 1 is 1.47 bits per heavy atom. The molecule has 3 nitrogen and oxygen atoms in total. The highest BCUT2D eigenvalue weighted by atomic mass is 16.5. The van der Waals surface area contributed by atoms with Crippen molar-refractivity contribution in [2.24, 2.45) is 17.8 Å². The lowest BCUT2D eigenvalue weighted by molar-refractivity contribution is 0.127. The highest BCUT2D eigenvalue weighted by Gasteiger charge is 2.56. The smallest absolute Gasteiger partial charge is 0.409 e. The van der Waals surface area contributed by atoms with E-state index in [1.807, 2.05) is 13.0 Å². The van der Waals surface area contributed by atoms with Crippen LogP contribution in [0.2, 0.25) is 0 Å². The lowest BCUT2D eigenvalue weighted by Crippen LogP contribution is -2.31. The SMILES string of the molecule is C=C/C=C(\C)C#C[C@@H]1[C@H]2CN(C(=O)OC)C[C@@H]12. The Kier molecular flexibility index (Phi) is 3.23. The van der Waals surface area contributed by atoms with Crippen LogP contribution in [-0.2, 0) is 4.74 Å². The van der Waals surface area contributed by atoms with Crippen LogP contribution in [0.3, 0.4) is 0 Å². The Labute approximate surface area is 102 Å². The summed E-state index contributed by atoms with van der Waals surface area (Å²) in [6.07, 6.45) is 3.44. The average Bonchev–Trinajstić information content (AvgIpc) is 2.77. The molecule has 2 aliphatic rings. The van der Waals surface area contributed by atoms with Gasteiger partial charge in [-0.2, -0.15) is 0 Å². The van der Waals surface area contributed by atoms with E-state index in [4.69, 9.17) is 4.74 Å².